The Labute approximate surface area is 92.0 Å². The summed E-state index contributed by atoms with van der Waals surface area (Å²) in [5.74, 6) is -0.264. The molecule has 2 rings (SSSR count). The molecule has 0 amide bonds. The zero-order valence-corrected chi connectivity index (χ0v) is 8.97. The minimum absolute atomic E-state index is 0.241. The van der Waals surface area contributed by atoms with E-state index < -0.39 is 0 Å². The minimum atomic E-state index is -0.264. The van der Waals surface area contributed by atoms with Crippen LogP contribution in [0.2, 0.25) is 5.02 Å². The molecule has 0 atom stereocenters. The average molecular weight is 224 g/mol. The molecule has 0 unspecified atom stereocenters. The van der Waals surface area contributed by atoms with E-state index in [-0.39, 0.29) is 12.4 Å². The highest BCUT2D eigenvalue weighted by Gasteiger charge is 2.10. The molecule has 1 aromatic heterocycles. The lowest BCUT2D eigenvalue weighted by molar-refractivity contribution is -0.139. The number of carbonyl (C=O) groups excluding carboxylic acids is 1. The Hall–Kier alpha value is -1.48. The van der Waals surface area contributed by atoms with Crippen molar-refractivity contribution in [2.75, 3.05) is 7.11 Å². The van der Waals surface area contributed by atoms with Gasteiger partial charge in [0.25, 0.3) is 0 Å². The van der Waals surface area contributed by atoms with Crippen LogP contribution in [0.4, 0.5) is 0 Å². The van der Waals surface area contributed by atoms with Crippen molar-refractivity contribution in [1.82, 2.24) is 4.98 Å². The summed E-state index contributed by atoms with van der Waals surface area (Å²) in [7, 11) is 1.38. The number of carbonyl (C=O) groups is 1. The van der Waals surface area contributed by atoms with Crippen molar-refractivity contribution in [2.24, 2.45) is 0 Å². The Morgan fingerprint density at radius 2 is 2.33 bits per heavy atom. The number of benzene rings is 1. The monoisotopic (exact) mass is 223 g/mol. The van der Waals surface area contributed by atoms with Gasteiger partial charge in [0.05, 0.1) is 18.6 Å². The van der Waals surface area contributed by atoms with Crippen LogP contribution in [-0.2, 0) is 16.0 Å². The van der Waals surface area contributed by atoms with Crippen molar-refractivity contribution in [3.05, 3.63) is 35.0 Å². The van der Waals surface area contributed by atoms with Gasteiger partial charge in [-0.25, -0.2) is 0 Å². The second-order valence-corrected chi connectivity index (χ2v) is 3.64. The van der Waals surface area contributed by atoms with Gasteiger partial charge in [-0.05, 0) is 11.6 Å². The number of rotatable bonds is 2. The van der Waals surface area contributed by atoms with E-state index in [2.05, 4.69) is 9.72 Å². The van der Waals surface area contributed by atoms with Crippen LogP contribution in [0.25, 0.3) is 10.9 Å². The van der Waals surface area contributed by atoms with E-state index in [0.29, 0.717) is 5.02 Å². The number of aromatic nitrogens is 1. The standard InChI is InChI=1S/C11H10ClNO2/c1-15-10(14)5-7-3-2-4-9-11(7)8(12)6-13-9/h2-4,6,13H,5H2,1H3. The highest BCUT2D eigenvalue weighted by molar-refractivity contribution is 6.35. The lowest BCUT2D eigenvalue weighted by Gasteiger charge is -2.02. The highest BCUT2D eigenvalue weighted by Crippen LogP contribution is 2.26. The summed E-state index contributed by atoms with van der Waals surface area (Å²) in [6.45, 7) is 0. The minimum Gasteiger partial charge on any atom is -0.469 e. The van der Waals surface area contributed by atoms with Crippen LogP contribution >= 0.6 is 11.6 Å². The normalized spacial score (nSPS) is 10.5. The topological polar surface area (TPSA) is 42.1 Å². The molecule has 78 valence electrons. The summed E-state index contributed by atoms with van der Waals surface area (Å²) < 4.78 is 4.63. The molecule has 0 saturated carbocycles. The van der Waals surface area contributed by atoms with E-state index in [1.807, 2.05) is 18.2 Å². The number of esters is 1. The van der Waals surface area contributed by atoms with E-state index in [0.717, 1.165) is 16.5 Å². The summed E-state index contributed by atoms with van der Waals surface area (Å²) in [5, 5.41) is 1.52. The maximum Gasteiger partial charge on any atom is 0.310 e. The van der Waals surface area contributed by atoms with Crippen LogP contribution < -0.4 is 0 Å². The number of halogens is 1. The van der Waals surface area contributed by atoms with Crippen LogP contribution in [-0.4, -0.2) is 18.1 Å². The summed E-state index contributed by atoms with van der Waals surface area (Å²) in [5.41, 5.74) is 1.81. The number of aromatic amines is 1. The summed E-state index contributed by atoms with van der Waals surface area (Å²) >= 11 is 6.02. The second kappa shape index (κ2) is 3.95. The Kier molecular flexibility index (Phi) is 2.64. The molecule has 0 bridgehead atoms. The van der Waals surface area contributed by atoms with Gasteiger partial charge in [-0.15, -0.1) is 0 Å². The second-order valence-electron chi connectivity index (χ2n) is 3.23. The number of hydrogen-bond donors (Lipinski definition) is 1. The first kappa shape index (κ1) is 10.1. The molecular weight excluding hydrogens is 214 g/mol. The summed E-state index contributed by atoms with van der Waals surface area (Å²) in [6, 6.07) is 5.68. The Bertz CT molecular complexity index is 504. The maximum atomic E-state index is 11.2. The molecule has 1 heterocycles. The van der Waals surface area contributed by atoms with Crippen LogP contribution in [0.1, 0.15) is 5.56 Å². The molecule has 0 aliphatic carbocycles. The SMILES string of the molecule is COC(=O)Cc1cccc2[nH]cc(Cl)c12. The molecule has 0 aliphatic heterocycles. The van der Waals surface area contributed by atoms with E-state index in [4.69, 9.17) is 11.6 Å². The average Bonchev–Trinajstić information content (AvgIpc) is 2.61. The molecule has 4 heteroatoms. The molecule has 3 nitrogen and oxygen atoms in total. The van der Waals surface area contributed by atoms with Crippen molar-refractivity contribution in [2.45, 2.75) is 6.42 Å². The molecule has 0 saturated heterocycles. The molecule has 1 N–H and O–H groups in total. The van der Waals surface area contributed by atoms with E-state index in [1.165, 1.54) is 7.11 Å². The first-order valence-corrected chi connectivity index (χ1v) is 4.91. The van der Waals surface area contributed by atoms with Gasteiger partial charge in [-0.2, -0.15) is 0 Å². The van der Waals surface area contributed by atoms with E-state index in [9.17, 15) is 4.79 Å². The van der Waals surface area contributed by atoms with Gasteiger partial charge in [0, 0.05) is 17.1 Å². The lowest BCUT2D eigenvalue weighted by Crippen LogP contribution is -2.04. The van der Waals surface area contributed by atoms with Gasteiger partial charge in [-0.3, -0.25) is 4.79 Å². The van der Waals surface area contributed by atoms with Gasteiger partial charge in [0.15, 0.2) is 0 Å². The number of H-pyrrole nitrogens is 1. The summed E-state index contributed by atoms with van der Waals surface area (Å²) in [6.07, 6.45) is 1.96. The Balaban J connectivity index is 2.50. The van der Waals surface area contributed by atoms with Gasteiger partial charge in [0.2, 0.25) is 0 Å². The van der Waals surface area contributed by atoms with Crippen molar-refractivity contribution in [1.29, 1.82) is 0 Å². The van der Waals surface area contributed by atoms with E-state index in [1.54, 1.807) is 6.20 Å². The van der Waals surface area contributed by atoms with Crippen molar-refractivity contribution in [3.63, 3.8) is 0 Å². The molecule has 0 aliphatic rings. The quantitative estimate of drug-likeness (QED) is 0.795. The maximum absolute atomic E-state index is 11.2. The Morgan fingerprint density at radius 3 is 3.07 bits per heavy atom. The van der Waals surface area contributed by atoms with Gasteiger partial charge < -0.3 is 9.72 Å². The first-order valence-electron chi connectivity index (χ1n) is 4.53. The van der Waals surface area contributed by atoms with Gasteiger partial charge in [0.1, 0.15) is 0 Å². The molecule has 0 spiro atoms. The zero-order chi connectivity index (χ0) is 10.8. The third-order valence-corrected chi connectivity index (χ3v) is 2.60. The predicted molar refractivity (Wildman–Crippen MR) is 59.0 cm³/mol. The smallest absolute Gasteiger partial charge is 0.310 e. The summed E-state index contributed by atoms with van der Waals surface area (Å²) in [4.78, 5) is 14.2. The third-order valence-electron chi connectivity index (χ3n) is 2.31. The largest absolute Gasteiger partial charge is 0.469 e. The Morgan fingerprint density at radius 1 is 1.53 bits per heavy atom. The molecule has 0 fully saturated rings. The van der Waals surface area contributed by atoms with Crippen LogP contribution in [0.3, 0.4) is 0 Å². The number of fused-ring (bicyclic) bond motifs is 1. The molecule has 15 heavy (non-hydrogen) atoms. The van der Waals surface area contributed by atoms with Crippen LogP contribution in [0, 0.1) is 0 Å². The number of ether oxygens (including phenoxy) is 1. The molecule has 0 radical (unpaired) electrons. The van der Waals surface area contributed by atoms with Crippen molar-refractivity contribution >= 4 is 28.5 Å². The zero-order valence-electron chi connectivity index (χ0n) is 8.21. The van der Waals surface area contributed by atoms with E-state index >= 15 is 0 Å². The molecule has 2 aromatic rings. The number of hydrogen-bond acceptors (Lipinski definition) is 2. The third kappa shape index (κ3) is 1.83. The molecular formula is C11H10ClNO2. The van der Waals surface area contributed by atoms with Gasteiger partial charge in [-0.1, -0.05) is 23.7 Å². The first-order chi connectivity index (χ1) is 7.22. The number of nitrogens with one attached hydrogen (secondary N) is 1. The van der Waals surface area contributed by atoms with Gasteiger partial charge >= 0.3 is 5.97 Å². The van der Waals surface area contributed by atoms with Crippen LogP contribution in [0.15, 0.2) is 24.4 Å². The highest BCUT2D eigenvalue weighted by atomic mass is 35.5. The lowest BCUT2D eigenvalue weighted by atomic mass is 10.1. The predicted octanol–water partition coefficient (Wildman–Crippen LogP) is 2.54. The fraction of sp³-hybridized carbons (Fsp3) is 0.182. The van der Waals surface area contributed by atoms with Crippen molar-refractivity contribution in [3.8, 4) is 0 Å². The van der Waals surface area contributed by atoms with Crippen molar-refractivity contribution < 1.29 is 9.53 Å². The van der Waals surface area contributed by atoms with Crippen LogP contribution in [0.5, 0.6) is 0 Å². The fourth-order valence-electron chi connectivity index (χ4n) is 1.59. The number of methoxy groups -OCH3 is 1. The fourth-order valence-corrected chi connectivity index (χ4v) is 1.87. The molecule has 1 aromatic carbocycles.